The van der Waals surface area contributed by atoms with E-state index in [1.54, 1.807) is 0 Å². The average molecular weight is 597 g/mol. The second-order valence-corrected chi connectivity index (χ2v) is 12.4. The number of benzene rings is 9. The molecule has 0 fully saturated rings. The molecule has 0 aromatic heterocycles. The van der Waals surface area contributed by atoms with E-state index in [1.165, 1.54) is 76.5 Å². The van der Waals surface area contributed by atoms with E-state index >= 15 is 0 Å². The van der Waals surface area contributed by atoms with Crippen LogP contribution in [0.4, 0.5) is 0 Å². The molecule has 0 saturated heterocycles. The Morgan fingerprint density at radius 2 is 0.851 bits per heavy atom. The lowest BCUT2D eigenvalue weighted by molar-refractivity contribution is 0.487. The van der Waals surface area contributed by atoms with Crippen LogP contribution in [0.1, 0.15) is 0 Å². The van der Waals surface area contributed by atoms with Crippen LogP contribution in [0.25, 0.3) is 87.6 Å². The molecule has 0 aliphatic carbocycles. The molecule has 0 bridgehead atoms. The molecule has 1 heterocycles. The number of hydrogen-bond donors (Lipinski definition) is 0. The van der Waals surface area contributed by atoms with E-state index in [4.69, 9.17) is 4.74 Å². The van der Waals surface area contributed by atoms with Crippen LogP contribution < -0.4 is 4.74 Å². The van der Waals surface area contributed by atoms with Gasteiger partial charge in [0.2, 0.25) is 0 Å². The van der Waals surface area contributed by atoms with Crippen LogP contribution in [0, 0.1) is 0 Å². The first-order valence-electron chi connectivity index (χ1n) is 16.2. The first-order chi connectivity index (χ1) is 23.3. The molecule has 10 rings (SSSR count). The summed E-state index contributed by atoms with van der Waals surface area (Å²) in [6.45, 7) is 0. The summed E-state index contributed by atoms with van der Waals surface area (Å²) in [5.41, 5.74) is 9.74. The molecule has 0 saturated carbocycles. The average Bonchev–Trinajstić information content (AvgIpc) is 3.14. The van der Waals surface area contributed by atoms with E-state index in [9.17, 15) is 0 Å². The smallest absolute Gasteiger partial charge is 0.135 e. The van der Waals surface area contributed by atoms with Crippen molar-refractivity contribution >= 4 is 43.1 Å². The molecule has 9 aromatic rings. The van der Waals surface area contributed by atoms with Gasteiger partial charge in [-0.2, -0.15) is 0 Å². The van der Waals surface area contributed by atoms with Gasteiger partial charge in [0.25, 0.3) is 0 Å². The maximum atomic E-state index is 6.62. The zero-order valence-corrected chi connectivity index (χ0v) is 25.6. The van der Waals surface area contributed by atoms with E-state index in [2.05, 4.69) is 170 Å². The molecule has 1 aliphatic rings. The van der Waals surface area contributed by atoms with Crippen LogP contribution in [0.5, 0.6) is 11.5 Å². The lowest BCUT2D eigenvalue weighted by Gasteiger charge is -2.23. The van der Waals surface area contributed by atoms with Crippen molar-refractivity contribution in [1.82, 2.24) is 0 Å². The Bertz CT molecular complexity index is 2640. The first-order valence-corrected chi connectivity index (χ1v) is 16.2. The molecule has 0 N–H and O–H groups in total. The Hall–Kier alpha value is -6.18. The van der Waals surface area contributed by atoms with Gasteiger partial charge >= 0.3 is 0 Å². The van der Waals surface area contributed by atoms with E-state index in [-0.39, 0.29) is 0 Å². The molecule has 0 atom stereocenters. The van der Waals surface area contributed by atoms with Crippen LogP contribution in [0.2, 0.25) is 0 Å². The number of ether oxygens (including phenoxy) is 1. The Kier molecular flexibility index (Phi) is 5.64. The fourth-order valence-corrected chi connectivity index (χ4v) is 7.85. The molecule has 1 heteroatoms. The minimum Gasteiger partial charge on any atom is -0.456 e. The van der Waals surface area contributed by atoms with Crippen molar-refractivity contribution in [3.8, 4) is 56.0 Å². The van der Waals surface area contributed by atoms with Gasteiger partial charge in [0.1, 0.15) is 11.5 Å². The normalized spacial score (nSPS) is 12.0. The third kappa shape index (κ3) is 3.90. The molecule has 0 amide bonds. The molecule has 1 aliphatic heterocycles. The third-order valence-corrected chi connectivity index (χ3v) is 9.85. The molecule has 47 heavy (non-hydrogen) atoms. The third-order valence-electron chi connectivity index (χ3n) is 9.85. The van der Waals surface area contributed by atoms with Gasteiger partial charge in [-0.25, -0.2) is 0 Å². The Morgan fingerprint density at radius 3 is 1.57 bits per heavy atom. The summed E-state index contributed by atoms with van der Waals surface area (Å²) in [6, 6.07) is 61.5. The van der Waals surface area contributed by atoms with E-state index in [1.807, 2.05) is 0 Å². The monoisotopic (exact) mass is 596 g/mol. The molecule has 0 spiro atoms. The minimum absolute atomic E-state index is 0.897. The van der Waals surface area contributed by atoms with E-state index in [0.29, 0.717) is 0 Å². The number of fused-ring (bicyclic) bond motifs is 5. The quantitative estimate of drug-likeness (QED) is 0.184. The SMILES string of the molecule is c1ccc(-c2cccc3c(-c4c5ccccc5c(-c5ccc6c(c5)Oc5cccc7cccc-6c57)c5ccccc45)cccc23)cc1. The second kappa shape index (κ2) is 10.2. The highest BCUT2D eigenvalue weighted by Gasteiger charge is 2.23. The molecule has 0 radical (unpaired) electrons. The van der Waals surface area contributed by atoms with Crippen molar-refractivity contribution in [2.24, 2.45) is 0 Å². The molecular formula is C46H28O. The van der Waals surface area contributed by atoms with Gasteiger partial charge in [-0.1, -0.05) is 152 Å². The maximum absolute atomic E-state index is 6.62. The highest BCUT2D eigenvalue weighted by atomic mass is 16.5. The highest BCUT2D eigenvalue weighted by Crippen LogP contribution is 2.50. The largest absolute Gasteiger partial charge is 0.456 e. The second-order valence-electron chi connectivity index (χ2n) is 12.4. The van der Waals surface area contributed by atoms with E-state index < -0.39 is 0 Å². The van der Waals surface area contributed by atoms with E-state index in [0.717, 1.165) is 22.6 Å². The van der Waals surface area contributed by atoms with Crippen molar-refractivity contribution in [3.05, 3.63) is 170 Å². The fraction of sp³-hybridized carbons (Fsp3) is 0. The van der Waals surface area contributed by atoms with Gasteiger partial charge in [-0.05, 0) is 94.8 Å². The molecule has 1 nitrogen and oxygen atoms in total. The summed E-state index contributed by atoms with van der Waals surface area (Å²) in [7, 11) is 0. The standard InChI is InChI=1S/C46H28O/c1-2-12-29(13-3-1)32-20-10-22-34-33(32)21-11-24-36(34)46-40-18-6-4-16-38(40)44(39-17-5-7-19-41(39)46)31-26-27-35-37-23-8-14-30-15-9-25-42(45(30)37)47-43(35)28-31/h1-28H. The van der Waals surface area contributed by atoms with Crippen molar-refractivity contribution in [2.75, 3.05) is 0 Å². The lowest BCUT2D eigenvalue weighted by atomic mass is 9.83. The predicted octanol–water partition coefficient (Wildman–Crippen LogP) is 13.1. The fourth-order valence-electron chi connectivity index (χ4n) is 7.85. The molecule has 9 aromatic carbocycles. The number of hydrogen-bond acceptors (Lipinski definition) is 1. The number of rotatable bonds is 3. The van der Waals surface area contributed by atoms with Gasteiger partial charge in [-0.3, -0.25) is 0 Å². The molecule has 218 valence electrons. The lowest BCUT2D eigenvalue weighted by Crippen LogP contribution is -1.98. The Labute approximate surface area is 272 Å². The zero-order valence-electron chi connectivity index (χ0n) is 25.6. The highest BCUT2D eigenvalue weighted by molar-refractivity contribution is 6.24. The topological polar surface area (TPSA) is 9.23 Å². The van der Waals surface area contributed by atoms with Crippen LogP contribution in [0.3, 0.4) is 0 Å². The summed E-state index contributed by atoms with van der Waals surface area (Å²) in [5.74, 6) is 1.81. The van der Waals surface area contributed by atoms with Crippen molar-refractivity contribution < 1.29 is 4.74 Å². The summed E-state index contributed by atoms with van der Waals surface area (Å²) in [4.78, 5) is 0. The summed E-state index contributed by atoms with van der Waals surface area (Å²) in [6.07, 6.45) is 0. The van der Waals surface area contributed by atoms with Gasteiger partial charge in [0, 0.05) is 10.9 Å². The Morgan fingerprint density at radius 1 is 0.298 bits per heavy atom. The van der Waals surface area contributed by atoms with Crippen molar-refractivity contribution in [3.63, 3.8) is 0 Å². The molecule has 0 unspecified atom stereocenters. The summed E-state index contributed by atoms with van der Waals surface area (Å²) in [5, 5.41) is 9.85. The van der Waals surface area contributed by atoms with Crippen molar-refractivity contribution in [1.29, 1.82) is 0 Å². The zero-order chi connectivity index (χ0) is 30.9. The summed E-state index contributed by atoms with van der Waals surface area (Å²) >= 11 is 0. The van der Waals surface area contributed by atoms with Crippen molar-refractivity contribution in [2.45, 2.75) is 0 Å². The summed E-state index contributed by atoms with van der Waals surface area (Å²) < 4.78 is 6.62. The maximum Gasteiger partial charge on any atom is 0.135 e. The van der Waals surface area contributed by atoms with Gasteiger partial charge in [0.05, 0.1) is 0 Å². The predicted molar refractivity (Wildman–Crippen MR) is 198 cm³/mol. The first kappa shape index (κ1) is 26.1. The van der Waals surface area contributed by atoms with Gasteiger partial charge in [-0.15, -0.1) is 0 Å². The van der Waals surface area contributed by atoms with Gasteiger partial charge < -0.3 is 4.74 Å². The minimum atomic E-state index is 0.897. The van der Waals surface area contributed by atoms with Crippen LogP contribution in [-0.2, 0) is 0 Å². The Balaban J connectivity index is 1.24. The van der Waals surface area contributed by atoms with Crippen LogP contribution in [-0.4, -0.2) is 0 Å². The van der Waals surface area contributed by atoms with Gasteiger partial charge in [0.15, 0.2) is 0 Å². The molecular weight excluding hydrogens is 569 g/mol. The van der Waals surface area contributed by atoms with Crippen LogP contribution in [0.15, 0.2) is 170 Å². The van der Waals surface area contributed by atoms with Crippen LogP contribution >= 0.6 is 0 Å².